The molecular weight excluding hydrogens is 879 g/mol. The molecule has 1 saturated carbocycles. The minimum Gasteiger partial charge on any atom is -0.317 e. The maximum Gasteiger partial charge on any atom is 0.282 e. The van der Waals surface area contributed by atoms with Crippen LogP contribution < -0.4 is 5.48 Å². The lowest BCUT2D eigenvalue weighted by molar-refractivity contribution is -0.130. The van der Waals surface area contributed by atoms with Gasteiger partial charge in [0.1, 0.15) is 0 Å². The van der Waals surface area contributed by atoms with E-state index in [9.17, 15) is 9.59 Å². The summed E-state index contributed by atoms with van der Waals surface area (Å²) in [6.45, 7) is 19.8. The lowest BCUT2D eigenvalue weighted by Gasteiger charge is -2.47. The second kappa shape index (κ2) is 25.4. The highest BCUT2D eigenvalue weighted by Gasteiger charge is 2.57. The van der Waals surface area contributed by atoms with Gasteiger partial charge in [0.25, 0.3) is 6.04 Å². The van der Waals surface area contributed by atoms with Crippen molar-refractivity contribution in [1.82, 2.24) is 25.0 Å². The van der Waals surface area contributed by atoms with Crippen LogP contribution in [0.4, 0.5) is 0 Å². The molecule has 6 aromatic rings. The van der Waals surface area contributed by atoms with Gasteiger partial charge in [-0.1, -0.05) is 186 Å². The average molecular weight is 962 g/mol. The molecular formula is C61H81N7O3. The number of hydrogen-bond donors (Lipinski definition) is 2. The van der Waals surface area contributed by atoms with Gasteiger partial charge in [0, 0.05) is 73.9 Å². The van der Waals surface area contributed by atoms with Crippen LogP contribution in [0.25, 0.3) is 32.2 Å². The molecule has 4 aromatic carbocycles. The number of nitrogens with zero attached hydrogens (tertiary/aromatic N) is 6. The summed E-state index contributed by atoms with van der Waals surface area (Å²) in [5, 5.41) is 17.3. The smallest absolute Gasteiger partial charge is 0.282 e. The normalized spacial score (nSPS) is 23.0. The Morgan fingerprint density at radius 1 is 0.676 bits per heavy atom. The van der Waals surface area contributed by atoms with E-state index in [1.165, 1.54) is 42.4 Å². The first-order chi connectivity index (χ1) is 32.5. The van der Waals surface area contributed by atoms with Crippen LogP contribution in [0.1, 0.15) is 113 Å². The highest BCUT2D eigenvalue weighted by atomic mass is 16.5. The summed E-state index contributed by atoms with van der Waals surface area (Å²) in [5.74, 6) is 0.140. The van der Waals surface area contributed by atoms with Crippen LogP contribution in [0, 0.1) is 36.8 Å². The number of Topliss-reactive ketones (excluding diaryl/α,β-unsaturated/α-hetero) is 2. The lowest BCUT2D eigenvalue weighted by Crippen LogP contribution is -2.53. The summed E-state index contributed by atoms with van der Waals surface area (Å²) < 4.78 is 9.73. The average Bonchev–Trinajstić information content (AvgIpc) is 3.90. The topological polar surface area (TPSA) is 111 Å². The van der Waals surface area contributed by atoms with E-state index in [2.05, 4.69) is 84.2 Å². The molecule has 71 heavy (non-hydrogen) atoms. The van der Waals surface area contributed by atoms with Crippen LogP contribution in [0.2, 0.25) is 0 Å². The van der Waals surface area contributed by atoms with Crippen molar-refractivity contribution in [3.05, 3.63) is 190 Å². The van der Waals surface area contributed by atoms with Gasteiger partial charge in [0.2, 0.25) is 11.5 Å². The third kappa shape index (κ3) is 11.3. The number of aromatic nitrogens is 4. The molecule has 10 heteroatoms. The zero-order valence-corrected chi connectivity index (χ0v) is 38.9. The number of carbonyl (C=O) groups excluding carboxylic acids is 2. The van der Waals surface area contributed by atoms with Crippen molar-refractivity contribution in [2.24, 2.45) is 37.8 Å². The van der Waals surface area contributed by atoms with Gasteiger partial charge in [-0.2, -0.15) is 10.2 Å². The number of benzene rings is 4. The van der Waals surface area contributed by atoms with Crippen molar-refractivity contribution in [3.63, 3.8) is 0 Å². The van der Waals surface area contributed by atoms with E-state index in [4.69, 9.17) is 29.9 Å². The number of rotatable bonds is 6. The van der Waals surface area contributed by atoms with Crippen molar-refractivity contribution >= 4 is 11.6 Å². The quantitative estimate of drug-likeness (QED) is 0.127. The fraction of sp³-hybridized carbons (Fsp3) is 0.410. The van der Waals surface area contributed by atoms with Gasteiger partial charge in [0.15, 0.2) is 5.78 Å². The Labute approximate surface area is 428 Å². The molecule has 10 nitrogen and oxygen atoms in total. The van der Waals surface area contributed by atoms with Crippen molar-refractivity contribution in [3.8, 4) is 22.5 Å². The maximum absolute atomic E-state index is 13.3. The number of hydroxylamine groups is 1. The van der Waals surface area contributed by atoms with Crippen LogP contribution in [-0.2, 0) is 60.2 Å². The third-order valence-electron chi connectivity index (χ3n) is 14.6. The van der Waals surface area contributed by atoms with Crippen LogP contribution in [-0.4, -0.2) is 49.4 Å². The van der Waals surface area contributed by atoms with Crippen molar-refractivity contribution < 1.29 is 16.2 Å². The number of fused-ring (bicyclic) bond motifs is 6. The van der Waals surface area contributed by atoms with Gasteiger partial charge in [-0.15, -0.1) is 0 Å². The molecule has 4 aliphatic carbocycles. The summed E-state index contributed by atoms with van der Waals surface area (Å²) in [4.78, 5) is 34.0. The first-order valence-corrected chi connectivity index (χ1v) is 22.6. The molecule has 2 aromatic heterocycles. The van der Waals surface area contributed by atoms with Crippen molar-refractivity contribution in [1.29, 1.82) is 0 Å². The molecule has 0 bridgehead atoms. The number of carbonyl (C=O) groups is 2. The second-order valence-corrected chi connectivity index (χ2v) is 18.4. The standard InChI is InChI=1S/C27H27N3O.C27H25N3O.CH5NO.6CH4/c2*1-27-17-23(28-2)25(31)21(16-18-10-6-4-7-11-18)22(27)15-14-20-24(30(3)29-26(20)27)19-12-8-5-9-13-19;1-2-3;;;;;;/h4-13,21-23H,14-17H2,1,3H3;4-13,17,21-22H,14-16H2,1,3H3;2-3H,1H3;6*1H4/t21-,22-,23?,27-;21-,22-,27-;;;;;;;/m00......./s1/i;;;1T;;;;;. The minimum absolute atomic E-state index is 0. The Kier molecular flexibility index (Phi) is 21.0. The molecule has 0 radical (unpaired) electrons. The molecule has 1 fully saturated rings. The second-order valence-electron chi connectivity index (χ2n) is 18.4. The molecule has 378 valence electrons. The van der Waals surface area contributed by atoms with Crippen molar-refractivity contribution in [2.75, 3.05) is 7.05 Å². The van der Waals surface area contributed by atoms with Crippen LogP contribution in [0.5, 0.6) is 0 Å². The van der Waals surface area contributed by atoms with E-state index < -0.39 is 11.5 Å². The number of ketones is 2. The number of hydrogen-bond acceptors (Lipinski definition) is 6. The summed E-state index contributed by atoms with van der Waals surface area (Å²) in [6.07, 6.45) is 7.56. The van der Waals surface area contributed by atoms with E-state index in [0.29, 0.717) is 19.3 Å². The van der Waals surface area contributed by atoms with Crippen molar-refractivity contribution in [2.45, 2.75) is 120 Å². The highest BCUT2D eigenvalue weighted by Crippen LogP contribution is 2.54. The molecule has 4 aliphatic rings. The van der Waals surface area contributed by atoms with Crippen LogP contribution in [0.15, 0.2) is 133 Å². The van der Waals surface area contributed by atoms with Crippen LogP contribution in [0.3, 0.4) is 0 Å². The number of aryl methyl sites for hydroxylation is 2. The van der Waals surface area contributed by atoms with Gasteiger partial charge in [0.05, 0.1) is 29.3 Å². The highest BCUT2D eigenvalue weighted by molar-refractivity contribution is 6.00. The molecule has 0 saturated heterocycles. The summed E-state index contributed by atoms with van der Waals surface area (Å²) >= 11 is 0. The zero-order valence-electron chi connectivity index (χ0n) is 39.9. The lowest BCUT2D eigenvalue weighted by atomic mass is 9.54. The predicted octanol–water partition coefficient (Wildman–Crippen LogP) is 13.6. The molecule has 0 spiro atoms. The minimum atomic E-state index is -0.580. The fourth-order valence-corrected chi connectivity index (χ4v) is 11.8. The maximum atomic E-state index is 13.3. The summed E-state index contributed by atoms with van der Waals surface area (Å²) in [5.41, 5.74) is 13.0. The Bertz CT molecular complexity index is 2790. The summed E-state index contributed by atoms with van der Waals surface area (Å²) in [7, 11) is 6.69. The van der Waals surface area contributed by atoms with Gasteiger partial charge < -0.3 is 14.8 Å². The predicted molar refractivity (Wildman–Crippen MR) is 294 cm³/mol. The van der Waals surface area contributed by atoms with E-state index in [1.807, 2.05) is 90.2 Å². The van der Waals surface area contributed by atoms with E-state index in [1.54, 1.807) is 5.48 Å². The molecule has 0 amide bonds. The Morgan fingerprint density at radius 3 is 1.54 bits per heavy atom. The number of nitrogens with one attached hydrogen (secondary N) is 1. The Balaban J connectivity index is 0.000000426. The van der Waals surface area contributed by atoms with Gasteiger partial charge in [-0.3, -0.25) is 14.2 Å². The Morgan fingerprint density at radius 2 is 1.08 bits per heavy atom. The van der Waals surface area contributed by atoms with Crippen LogP contribution >= 0.6 is 0 Å². The first kappa shape index (κ1) is 58.6. The molecule has 2 N–H and O–H groups in total. The van der Waals surface area contributed by atoms with Gasteiger partial charge >= 0.3 is 0 Å². The van der Waals surface area contributed by atoms with Gasteiger partial charge in [-0.05, 0) is 61.5 Å². The SMILES string of the molecule is C.C.C.C.C.CNO.[3H]C.[C-]#[N+]C1=C[C@]2(C)c3nn(C)c(-c4ccccc4)c3CC[C@H]2[C@H](Cc2ccccc2)C1=O.[C-]#[N+]C1C[C@]2(C)c3nn(C)c(-c4ccccc4)c3CC[C@H]2[C@H](Cc2ccccc2)C1=O. The molecule has 10 rings (SSSR count). The monoisotopic (exact) mass is 962 g/mol. The number of allylic oxidation sites excluding steroid dienone is 2. The largest absolute Gasteiger partial charge is 0.317 e. The molecule has 0 aliphatic heterocycles. The van der Waals surface area contributed by atoms with Gasteiger partial charge in [-0.25, -0.2) is 16.9 Å². The van der Waals surface area contributed by atoms with E-state index in [-0.39, 0.29) is 83.5 Å². The fourth-order valence-electron chi connectivity index (χ4n) is 11.8. The van der Waals surface area contributed by atoms with E-state index >= 15 is 0 Å². The summed E-state index contributed by atoms with van der Waals surface area (Å²) in [6, 6.07) is 40.6. The first-order valence-electron chi connectivity index (χ1n) is 23.6. The molecule has 2 heterocycles. The zero-order chi connectivity index (χ0) is 47.9. The molecule has 7 atom stereocenters. The third-order valence-corrected chi connectivity index (χ3v) is 14.6. The molecule has 1 unspecified atom stereocenters. The van der Waals surface area contributed by atoms with E-state index in [0.717, 1.165) is 53.9 Å². The Hall–Kier alpha value is -6.72.